The van der Waals surface area contributed by atoms with Gasteiger partial charge in [-0.25, -0.2) is 4.39 Å². The molecule has 2 aliphatic heterocycles. The van der Waals surface area contributed by atoms with Gasteiger partial charge in [0.1, 0.15) is 5.82 Å². The van der Waals surface area contributed by atoms with Crippen LogP contribution in [0.2, 0.25) is 0 Å². The van der Waals surface area contributed by atoms with Gasteiger partial charge in [-0.05, 0) is 42.8 Å². The van der Waals surface area contributed by atoms with E-state index in [2.05, 4.69) is 13.1 Å². The van der Waals surface area contributed by atoms with Crippen LogP contribution in [-0.2, 0) is 4.79 Å². The van der Waals surface area contributed by atoms with Crippen LogP contribution in [0.5, 0.6) is 0 Å². The summed E-state index contributed by atoms with van der Waals surface area (Å²) < 4.78 is 13.9. The summed E-state index contributed by atoms with van der Waals surface area (Å²) in [5, 5.41) is 0. The van der Waals surface area contributed by atoms with Crippen LogP contribution in [0.1, 0.15) is 33.8 Å². The molecule has 0 aromatic heterocycles. The molecule has 7 heteroatoms. The molecule has 4 rings (SSSR count). The van der Waals surface area contributed by atoms with Gasteiger partial charge in [-0.15, -0.1) is 0 Å². The minimum Gasteiger partial charge on any atom is -1.00 e. The number of primary amides is 1. The lowest BCUT2D eigenvalue weighted by Crippen LogP contribution is -3.00. The van der Waals surface area contributed by atoms with E-state index in [0.717, 1.165) is 36.3 Å². The van der Waals surface area contributed by atoms with E-state index in [1.54, 1.807) is 0 Å². The number of benzene rings is 2. The van der Waals surface area contributed by atoms with E-state index >= 15 is 0 Å². The van der Waals surface area contributed by atoms with E-state index in [-0.39, 0.29) is 42.0 Å². The van der Waals surface area contributed by atoms with Crippen molar-refractivity contribution in [3.05, 3.63) is 65.0 Å². The van der Waals surface area contributed by atoms with Crippen LogP contribution >= 0.6 is 0 Å². The lowest BCUT2D eigenvalue weighted by atomic mass is 9.87. The number of nitrogens with two attached hydrogens (primary N) is 1. The maximum Gasteiger partial charge on any atom is 0.272 e. The Morgan fingerprint density at radius 3 is 2.55 bits per heavy atom. The second-order valence-electron chi connectivity index (χ2n) is 8.36. The van der Waals surface area contributed by atoms with Crippen molar-refractivity contribution in [2.24, 2.45) is 5.73 Å². The number of amides is 2. The number of halogens is 2. The van der Waals surface area contributed by atoms with Crippen LogP contribution in [0.3, 0.4) is 0 Å². The summed E-state index contributed by atoms with van der Waals surface area (Å²) in [6.45, 7) is 3.89. The summed E-state index contributed by atoms with van der Waals surface area (Å²) in [5.74, 6) is -0.618. The summed E-state index contributed by atoms with van der Waals surface area (Å²) in [6.07, 6.45) is 0.787. The number of hydrogen-bond donors (Lipinski definition) is 1. The molecule has 154 valence electrons. The Bertz CT molecular complexity index is 950. The summed E-state index contributed by atoms with van der Waals surface area (Å²) in [5.41, 5.74) is 9.17. The molecule has 0 saturated carbocycles. The minimum atomic E-state index is -0.357. The molecule has 1 saturated heterocycles. The molecule has 2 aliphatic rings. The number of fused-ring (bicyclic) bond motifs is 3. The Morgan fingerprint density at radius 2 is 1.90 bits per heavy atom. The standard InChI is InChI=1S/C22H24FN3O2.ClH/c1-14-3-8-19-17(11-14)18-12-26(2,13-21(24)27)10-9-20(18)25(19)22(28)15-4-6-16(23)7-5-15;/h3-8,11,18,20H,9-10,12-13H2,1-2H3,(H-,24,27);1H. The Labute approximate surface area is 176 Å². The molecule has 2 heterocycles. The maximum atomic E-state index is 13.3. The first-order valence-electron chi connectivity index (χ1n) is 9.59. The molecule has 1 fully saturated rings. The highest BCUT2D eigenvalue weighted by Gasteiger charge is 2.49. The lowest BCUT2D eigenvalue weighted by molar-refractivity contribution is -0.907. The number of nitrogens with zero attached hydrogens (tertiary/aromatic N) is 2. The number of carbonyl (C=O) groups is 2. The summed E-state index contributed by atoms with van der Waals surface area (Å²) in [6, 6.07) is 11.9. The number of rotatable bonds is 3. The zero-order chi connectivity index (χ0) is 20.1. The van der Waals surface area contributed by atoms with Gasteiger partial charge in [-0.3, -0.25) is 9.59 Å². The van der Waals surface area contributed by atoms with Crippen LogP contribution < -0.4 is 23.0 Å². The highest BCUT2D eigenvalue weighted by molar-refractivity contribution is 6.08. The summed E-state index contributed by atoms with van der Waals surface area (Å²) in [4.78, 5) is 26.8. The Balaban J connectivity index is 0.00000240. The molecule has 3 atom stereocenters. The molecule has 2 N–H and O–H groups in total. The quantitative estimate of drug-likeness (QED) is 0.690. The van der Waals surface area contributed by atoms with Crippen molar-refractivity contribution < 1.29 is 30.9 Å². The largest absolute Gasteiger partial charge is 1.00 e. The number of quaternary nitrogens is 1. The molecule has 2 amide bonds. The molecule has 29 heavy (non-hydrogen) atoms. The van der Waals surface area contributed by atoms with Crippen molar-refractivity contribution in [2.45, 2.75) is 25.3 Å². The molecule has 0 bridgehead atoms. The third-order valence-electron chi connectivity index (χ3n) is 6.09. The number of hydrogen-bond acceptors (Lipinski definition) is 2. The number of anilines is 1. The molecule has 0 radical (unpaired) electrons. The molecule has 2 aromatic rings. The molecule has 2 aromatic carbocycles. The zero-order valence-electron chi connectivity index (χ0n) is 16.6. The predicted octanol–water partition coefficient (Wildman–Crippen LogP) is -0.414. The van der Waals surface area contributed by atoms with Crippen LogP contribution in [0.25, 0.3) is 0 Å². The molecule has 3 unspecified atom stereocenters. The highest BCUT2D eigenvalue weighted by atomic mass is 35.5. The first kappa shape index (κ1) is 21.3. The fourth-order valence-corrected chi connectivity index (χ4v) is 4.83. The zero-order valence-corrected chi connectivity index (χ0v) is 17.3. The lowest BCUT2D eigenvalue weighted by Gasteiger charge is -2.43. The van der Waals surface area contributed by atoms with Crippen molar-refractivity contribution in [1.82, 2.24) is 0 Å². The van der Waals surface area contributed by atoms with Crippen LogP contribution in [0.15, 0.2) is 42.5 Å². The Morgan fingerprint density at radius 1 is 1.21 bits per heavy atom. The van der Waals surface area contributed by atoms with E-state index in [1.165, 1.54) is 24.3 Å². The van der Waals surface area contributed by atoms with E-state index in [9.17, 15) is 14.0 Å². The van der Waals surface area contributed by atoms with E-state index in [1.807, 2.05) is 24.0 Å². The minimum absolute atomic E-state index is 0. The third kappa shape index (κ3) is 3.87. The number of likely N-dealkylation sites (N-methyl/N-ethyl adjacent to an activating group) is 1. The van der Waals surface area contributed by atoms with Crippen molar-refractivity contribution in [2.75, 3.05) is 31.6 Å². The smallest absolute Gasteiger partial charge is 0.272 e. The molecule has 5 nitrogen and oxygen atoms in total. The maximum absolute atomic E-state index is 13.3. The van der Waals surface area contributed by atoms with Gasteiger partial charge in [0, 0.05) is 17.7 Å². The van der Waals surface area contributed by atoms with Gasteiger partial charge >= 0.3 is 0 Å². The Hall–Kier alpha value is -2.44. The predicted molar refractivity (Wildman–Crippen MR) is 106 cm³/mol. The number of aryl methyl sites for hydroxylation is 1. The topological polar surface area (TPSA) is 63.4 Å². The fourth-order valence-electron chi connectivity index (χ4n) is 4.83. The Kier molecular flexibility index (Phi) is 5.70. The van der Waals surface area contributed by atoms with Crippen LogP contribution in [0, 0.1) is 12.7 Å². The van der Waals surface area contributed by atoms with Gasteiger partial charge in [-0.2, -0.15) is 0 Å². The van der Waals surface area contributed by atoms with Crippen molar-refractivity contribution in [3.8, 4) is 0 Å². The SMILES string of the molecule is Cc1ccc2c(c1)C1C[N+](C)(CC(N)=O)CCC1N2C(=O)c1ccc(F)cc1.[Cl-]. The highest BCUT2D eigenvalue weighted by Crippen LogP contribution is 2.46. The molecule has 0 spiro atoms. The average molecular weight is 418 g/mol. The molecular formula is C22H25ClFN3O2. The van der Waals surface area contributed by atoms with Crippen molar-refractivity contribution >= 4 is 17.5 Å². The monoisotopic (exact) mass is 417 g/mol. The second kappa shape index (κ2) is 7.76. The number of piperidine rings is 1. The first-order chi connectivity index (χ1) is 13.3. The van der Waals surface area contributed by atoms with Crippen LogP contribution in [-0.4, -0.2) is 49.0 Å². The second-order valence-corrected chi connectivity index (χ2v) is 8.36. The van der Waals surface area contributed by atoms with Crippen molar-refractivity contribution in [3.63, 3.8) is 0 Å². The fraction of sp³-hybridized carbons (Fsp3) is 0.364. The number of carbonyl (C=O) groups excluding carboxylic acids is 2. The van der Waals surface area contributed by atoms with E-state index in [0.29, 0.717) is 16.6 Å². The number of likely N-dealkylation sites (tertiary alicyclic amines) is 1. The summed E-state index contributed by atoms with van der Waals surface area (Å²) >= 11 is 0. The summed E-state index contributed by atoms with van der Waals surface area (Å²) in [7, 11) is 2.06. The van der Waals surface area contributed by atoms with Gasteiger partial charge < -0.3 is 27.5 Å². The normalized spacial score (nSPS) is 25.0. The van der Waals surface area contributed by atoms with Gasteiger partial charge in [-0.1, -0.05) is 17.7 Å². The van der Waals surface area contributed by atoms with Gasteiger partial charge in [0.05, 0.1) is 32.1 Å². The van der Waals surface area contributed by atoms with E-state index in [4.69, 9.17) is 5.73 Å². The van der Waals surface area contributed by atoms with Gasteiger partial charge in [0.2, 0.25) is 0 Å². The van der Waals surface area contributed by atoms with Gasteiger partial charge in [0.15, 0.2) is 6.54 Å². The average Bonchev–Trinajstić information content (AvgIpc) is 2.93. The molecule has 0 aliphatic carbocycles. The first-order valence-corrected chi connectivity index (χ1v) is 9.59. The van der Waals surface area contributed by atoms with Crippen LogP contribution in [0.4, 0.5) is 10.1 Å². The molecular weight excluding hydrogens is 393 g/mol. The third-order valence-corrected chi connectivity index (χ3v) is 6.09. The van der Waals surface area contributed by atoms with Gasteiger partial charge in [0.25, 0.3) is 11.8 Å². The van der Waals surface area contributed by atoms with Crippen molar-refractivity contribution in [1.29, 1.82) is 0 Å². The van der Waals surface area contributed by atoms with E-state index < -0.39 is 0 Å².